The highest BCUT2D eigenvalue weighted by Gasteiger charge is 2.18. The molecule has 4 heteroatoms. The largest absolute Gasteiger partial charge is 0.399 e. The number of carbonyl (C=O) groups excluding carboxylic acids is 1. The highest BCUT2D eigenvalue weighted by atomic mass is 16.5. The fourth-order valence-electron chi connectivity index (χ4n) is 2.05. The van der Waals surface area contributed by atoms with E-state index in [2.05, 4.69) is 0 Å². The molecule has 1 aliphatic rings. The van der Waals surface area contributed by atoms with E-state index < -0.39 is 0 Å². The molecule has 17 heavy (non-hydrogen) atoms. The zero-order valence-corrected chi connectivity index (χ0v) is 10.1. The minimum Gasteiger partial charge on any atom is -0.399 e. The number of nitrogen functional groups attached to an aromatic ring is 1. The van der Waals surface area contributed by atoms with E-state index in [1.807, 2.05) is 17.9 Å². The molecule has 1 aliphatic heterocycles. The van der Waals surface area contributed by atoms with E-state index in [0.29, 0.717) is 18.8 Å². The SMILES string of the molecule is Cc1cc(N)ccc1C(=O)N1CCCOCC1. The van der Waals surface area contributed by atoms with Crippen molar-refractivity contribution in [2.75, 3.05) is 32.0 Å². The van der Waals surface area contributed by atoms with Crippen LogP contribution in [0.25, 0.3) is 0 Å². The lowest BCUT2D eigenvalue weighted by molar-refractivity contribution is 0.0740. The number of nitrogens with two attached hydrogens (primary N) is 1. The number of ether oxygens (including phenoxy) is 1. The van der Waals surface area contributed by atoms with Gasteiger partial charge in [-0.1, -0.05) is 0 Å². The Morgan fingerprint density at radius 1 is 1.35 bits per heavy atom. The van der Waals surface area contributed by atoms with Gasteiger partial charge < -0.3 is 15.4 Å². The first-order valence-corrected chi connectivity index (χ1v) is 5.91. The number of benzene rings is 1. The molecular weight excluding hydrogens is 216 g/mol. The maximum atomic E-state index is 12.3. The molecular formula is C13H18N2O2. The van der Waals surface area contributed by atoms with E-state index in [1.165, 1.54) is 0 Å². The van der Waals surface area contributed by atoms with Gasteiger partial charge in [0, 0.05) is 30.9 Å². The number of hydrogen-bond acceptors (Lipinski definition) is 3. The third kappa shape index (κ3) is 2.77. The molecule has 0 saturated carbocycles. The normalized spacial score (nSPS) is 16.6. The van der Waals surface area contributed by atoms with Crippen LogP contribution in [0.1, 0.15) is 22.3 Å². The first kappa shape index (κ1) is 11.9. The lowest BCUT2D eigenvalue weighted by atomic mass is 10.1. The summed E-state index contributed by atoms with van der Waals surface area (Å²) in [5.41, 5.74) is 8.05. The smallest absolute Gasteiger partial charge is 0.254 e. The molecule has 0 spiro atoms. The monoisotopic (exact) mass is 234 g/mol. The van der Waals surface area contributed by atoms with Crippen molar-refractivity contribution in [2.45, 2.75) is 13.3 Å². The summed E-state index contributed by atoms with van der Waals surface area (Å²) in [6.07, 6.45) is 0.903. The molecule has 0 unspecified atom stereocenters. The van der Waals surface area contributed by atoms with E-state index >= 15 is 0 Å². The molecule has 92 valence electrons. The summed E-state index contributed by atoms with van der Waals surface area (Å²) in [7, 11) is 0. The van der Waals surface area contributed by atoms with Crippen molar-refractivity contribution in [2.24, 2.45) is 0 Å². The number of rotatable bonds is 1. The highest BCUT2D eigenvalue weighted by molar-refractivity contribution is 5.96. The van der Waals surface area contributed by atoms with Gasteiger partial charge in [0.15, 0.2) is 0 Å². The predicted molar refractivity (Wildman–Crippen MR) is 66.9 cm³/mol. The Kier molecular flexibility index (Phi) is 3.64. The van der Waals surface area contributed by atoms with Gasteiger partial charge in [-0.25, -0.2) is 0 Å². The Labute approximate surface area is 101 Å². The molecule has 2 N–H and O–H groups in total. The average molecular weight is 234 g/mol. The summed E-state index contributed by atoms with van der Waals surface area (Å²) < 4.78 is 5.35. The Bertz CT molecular complexity index is 410. The molecule has 1 aromatic rings. The lowest BCUT2D eigenvalue weighted by Gasteiger charge is -2.20. The minimum absolute atomic E-state index is 0.0769. The molecule has 0 radical (unpaired) electrons. The molecule has 0 bridgehead atoms. The van der Waals surface area contributed by atoms with E-state index in [0.717, 1.165) is 30.7 Å². The Morgan fingerprint density at radius 2 is 2.18 bits per heavy atom. The molecule has 1 heterocycles. The van der Waals surface area contributed by atoms with Crippen molar-refractivity contribution in [1.82, 2.24) is 4.90 Å². The van der Waals surface area contributed by atoms with Gasteiger partial charge in [-0.2, -0.15) is 0 Å². The third-order valence-electron chi connectivity index (χ3n) is 2.99. The van der Waals surface area contributed by atoms with Crippen LogP contribution >= 0.6 is 0 Å². The quantitative estimate of drug-likeness (QED) is 0.748. The molecule has 0 atom stereocenters. The molecule has 1 amide bonds. The second kappa shape index (κ2) is 5.19. The summed E-state index contributed by atoms with van der Waals surface area (Å²) >= 11 is 0. The Hall–Kier alpha value is -1.55. The van der Waals surface area contributed by atoms with E-state index in [4.69, 9.17) is 10.5 Å². The first-order valence-electron chi connectivity index (χ1n) is 5.91. The van der Waals surface area contributed by atoms with Crippen molar-refractivity contribution >= 4 is 11.6 Å². The molecule has 4 nitrogen and oxygen atoms in total. The topological polar surface area (TPSA) is 55.6 Å². The minimum atomic E-state index is 0.0769. The van der Waals surface area contributed by atoms with Crippen LogP contribution in [-0.4, -0.2) is 37.1 Å². The fourth-order valence-corrected chi connectivity index (χ4v) is 2.05. The second-order valence-electron chi connectivity index (χ2n) is 4.33. The van der Waals surface area contributed by atoms with Crippen LogP contribution < -0.4 is 5.73 Å². The van der Waals surface area contributed by atoms with Gasteiger partial charge >= 0.3 is 0 Å². The second-order valence-corrected chi connectivity index (χ2v) is 4.33. The molecule has 1 saturated heterocycles. The molecule has 1 fully saturated rings. The first-order chi connectivity index (χ1) is 8.18. The number of aryl methyl sites for hydroxylation is 1. The zero-order chi connectivity index (χ0) is 12.3. The van der Waals surface area contributed by atoms with Crippen molar-refractivity contribution in [1.29, 1.82) is 0 Å². The molecule has 0 aliphatic carbocycles. The predicted octanol–water partition coefficient (Wildman–Crippen LogP) is 1.44. The maximum Gasteiger partial charge on any atom is 0.254 e. The van der Waals surface area contributed by atoms with Crippen molar-refractivity contribution in [3.8, 4) is 0 Å². The van der Waals surface area contributed by atoms with Crippen molar-refractivity contribution in [3.05, 3.63) is 29.3 Å². The van der Waals surface area contributed by atoms with E-state index in [1.54, 1.807) is 12.1 Å². The number of nitrogens with zero attached hydrogens (tertiary/aromatic N) is 1. The number of anilines is 1. The zero-order valence-electron chi connectivity index (χ0n) is 10.1. The Morgan fingerprint density at radius 3 is 2.94 bits per heavy atom. The lowest BCUT2D eigenvalue weighted by Crippen LogP contribution is -2.33. The van der Waals surface area contributed by atoms with Crippen LogP contribution in [0.15, 0.2) is 18.2 Å². The fraction of sp³-hybridized carbons (Fsp3) is 0.462. The standard InChI is InChI=1S/C13H18N2O2/c1-10-9-11(14)3-4-12(10)13(16)15-5-2-7-17-8-6-15/h3-4,9H,2,5-8,14H2,1H3. The van der Waals surface area contributed by atoms with E-state index in [-0.39, 0.29) is 5.91 Å². The molecule has 2 rings (SSSR count). The van der Waals surface area contributed by atoms with Gasteiger partial charge in [0.25, 0.3) is 5.91 Å². The van der Waals surface area contributed by atoms with Gasteiger partial charge in [0.1, 0.15) is 0 Å². The molecule has 0 aromatic heterocycles. The van der Waals surface area contributed by atoms with Crippen LogP contribution in [0.4, 0.5) is 5.69 Å². The summed E-state index contributed by atoms with van der Waals surface area (Å²) in [5.74, 6) is 0.0769. The van der Waals surface area contributed by atoms with Crippen LogP contribution in [0.5, 0.6) is 0 Å². The van der Waals surface area contributed by atoms with Gasteiger partial charge in [-0.3, -0.25) is 4.79 Å². The van der Waals surface area contributed by atoms with Gasteiger partial charge in [-0.15, -0.1) is 0 Å². The summed E-state index contributed by atoms with van der Waals surface area (Å²) in [4.78, 5) is 14.2. The molecule has 1 aromatic carbocycles. The highest BCUT2D eigenvalue weighted by Crippen LogP contribution is 2.15. The maximum absolute atomic E-state index is 12.3. The van der Waals surface area contributed by atoms with Crippen LogP contribution in [0.2, 0.25) is 0 Å². The van der Waals surface area contributed by atoms with Crippen LogP contribution in [0.3, 0.4) is 0 Å². The van der Waals surface area contributed by atoms with Gasteiger partial charge in [0.05, 0.1) is 6.61 Å². The number of carbonyl (C=O) groups is 1. The average Bonchev–Trinajstić information content (AvgIpc) is 2.56. The van der Waals surface area contributed by atoms with Crippen molar-refractivity contribution < 1.29 is 9.53 Å². The number of hydrogen-bond donors (Lipinski definition) is 1. The van der Waals surface area contributed by atoms with Crippen molar-refractivity contribution in [3.63, 3.8) is 0 Å². The van der Waals surface area contributed by atoms with Crippen LogP contribution in [-0.2, 0) is 4.74 Å². The Balaban J connectivity index is 2.17. The summed E-state index contributed by atoms with van der Waals surface area (Å²) in [6, 6.07) is 5.41. The van der Waals surface area contributed by atoms with Gasteiger partial charge in [0.2, 0.25) is 0 Å². The third-order valence-corrected chi connectivity index (χ3v) is 2.99. The number of amides is 1. The summed E-state index contributed by atoms with van der Waals surface area (Å²) in [6.45, 7) is 4.72. The van der Waals surface area contributed by atoms with E-state index in [9.17, 15) is 4.79 Å². The van der Waals surface area contributed by atoms with Gasteiger partial charge in [-0.05, 0) is 37.1 Å². The van der Waals surface area contributed by atoms with Crippen LogP contribution in [0, 0.1) is 6.92 Å². The summed E-state index contributed by atoms with van der Waals surface area (Å²) in [5, 5.41) is 0.